The molecule has 2 aliphatic heterocycles. The molecule has 36 heavy (non-hydrogen) atoms. The van der Waals surface area contributed by atoms with Gasteiger partial charge in [0.25, 0.3) is 11.8 Å². The van der Waals surface area contributed by atoms with Crippen LogP contribution in [-0.2, 0) is 9.59 Å². The number of benzene rings is 3. The van der Waals surface area contributed by atoms with E-state index in [9.17, 15) is 18.8 Å². The maximum atomic E-state index is 13.5. The van der Waals surface area contributed by atoms with E-state index in [0.717, 1.165) is 24.0 Å². The van der Waals surface area contributed by atoms with Crippen LogP contribution in [0.25, 0.3) is 11.1 Å². The molecule has 2 aliphatic rings. The molecule has 0 spiro atoms. The largest absolute Gasteiger partial charge is 0.296 e. The molecule has 1 fully saturated rings. The quantitative estimate of drug-likeness (QED) is 0.362. The number of halogens is 1. The first-order chi connectivity index (χ1) is 17.5. The van der Waals surface area contributed by atoms with Gasteiger partial charge in [-0.2, -0.15) is 0 Å². The van der Waals surface area contributed by atoms with E-state index in [4.69, 9.17) is 0 Å². The van der Waals surface area contributed by atoms with Crippen molar-refractivity contribution in [3.05, 3.63) is 107 Å². The van der Waals surface area contributed by atoms with Crippen LogP contribution in [0.1, 0.15) is 34.3 Å². The summed E-state index contributed by atoms with van der Waals surface area (Å²) < 4.78 is 13.1. The van der Waals surface area contributed by atoms with E-state index < -0.39 is 0 Å². The van der Waals surface area contributed by atoms with E-state index in [-0.39, 0.29) is 35.9 Å². The SMILES string of the molecule is O=C(CN1CCC(CN2C(=O)C(c3ccccc3)=C(c3ccccc3)C2=O)CC1)c1ccc(F)cc1. The molecule has 182 valence electrons. The van der Waals surface area contributed by atoms with Crippen LogP contribution < -0.4 is 0 Å². The minimum atomic E-state index is -0.362. The van der Waals surface area contributed by atoms with Crippen molar-refractivity contribution in [2.45, 2.75) is 12.8 Å². The third-order valence-corrected chi connectivity index (χ3v) is 6.97. The van der Waals surface area contributed by atoms with E-state index in [2.05, 4.69) is 4.90 Å². The molecule has 0 radical (unpaired) electrons. The zero-order valence-corrected chi connectivity index (χ0v) is 19.9. The number of carbonyl (C=O) groups is 3. The topological polar surface area (TPSA) is 57.7 Å². The van der Waals surface area contributed by atoms with Gasteiger partial charge in [0.2, 0.25) is 0 Å². The van der Waals surface area contributed by atoms with Crippen LogP contribution in [0.3, 0.4) is 0 Å². The van der Waals surface area contributed by atoms with Gasteiger partial charge in [-0.1, -0.05) is 60.7 Å². The first-order valence-electron chi connectivity index (χ1n) is 12.2. The van der Waals surface area contributed by atoms with Gasteiger partial charge in [-0.25, -0.2) is 4.39 Å². The second-order valence-corrected chi connectivity index (χ2v) is 9.35. The zero-order chi connectivity index (χ0) is 25.1. The number of imide groups is 1. The third-order valence-electron chi connectivity index (χ3n) is 6.97. The summed E-state index contributed by atoms with van der Waals surface area (Å²) in [7, 11) is 0. The number of likely N-dealkylation sites (tertiary alicyclic amines) is 1. The Kier molecular flexibility index (Phi) is 6.87. The van der Waals surface area contributed by atoms with E-state index >= 15 is 0 Å². The average molecular weight is 483 g/mol. The summed E-state index contributed by atoms with van der Waals surface area (Å²) in [5.74, 6) is -0.735. The number of nitrogens with zero attached hydrogens (tertiary/aromatic N) is 2. The van der Waals surface area contributed by atoms with Gasteiger partial charge < -0.3 is 0 Å². The molecular weight excluding hydrogens is 455 g/mol. The molecule has 5 rings (SSSR count). The Bertz CT molecular complexity index is 1230. The number of Topliss-reactive ketones (excluding diaryl/α,β-unsaturated/α-hetero) is 1. The van der Waals surface area contributed by atoms with Crippen molar-refractivity contribution in [1.29, 1.82) is 0 Å². The fraction of sp³-hybridized carbons (Fsp3) is 0.233. The summed E-state index contributed by atoms with van der Waals surface area (Å²) in [5, 5.41) is 0. The summed E-state index contributed by atoms with van der Waals surface area (Å²) in [6, 6.07) is 24.3. The predicted octanol–water partition coefficient (Wildman–Crippen LogP) is 4.70. The highest BCUT2D eigenvalue weighted by atomic mass is 19.1. The molecular formula is C30H27FN2O3. The minimum Gasteiger partial charge on any atom is -0.296 e. The summed E-state index contributed by atoms with van der Waals surface area (Å²) >= 11 is 0. The van der Waals surface area contributed by atoms with Crippen molar-refractivity contribution in [3.8, 4) is 0 Å². The first-order valence-corrected chi connectivity index (χ1v) is 12.2. The fourth-order valence-electron chi connectivity index (χ4n) is 5.00. The Hall–Kier alpha value is -3.90. The lowest BCUT2D eigenvalue weighted by Crippen LogP contribution is -2.42. The molecule has 0 aromatic heterocycles. The smallest absolute Gasteiger partial charge is 0.262 e. The normalized spacial score (nSPS) is 17.2. The second kappa shape index (κ2) is 10.4. The van der Waals surface area contributed by atoms with Crippen LogP contribution in [0, 0.1) is 11.7 Å². The van der Waals surface area contributed by atoms with Crippen LogP contribution in [0.4, 0.5) is 4.39 Å². The average Bonchev–Trinajstić information content (AvgIpc) is 3.16. The fourth-order valence-corrected chi connectivity index (χ4v) is 5.00. The molecule has 1 saturated heterocycles. The van der Waals surface area contributed by atoms with Crippen LogP contribution in [0.15, 0.2) is 84.9 Å². The van der Waals surface area contributed by atoms with Crippen LogP contribution in [0.2, 0.25) is 0 Å². The Morgan fingerprint density at radius 3 is 1.75 bits per heavy atom. The van der Waals surface area contributed by atoms with E-state index in [1.807, 2.05) is 60.7 Å². The van der Waals surface area contributed by atoms with E-state index in [1.54, 1.807) is 0 Å². The first kappa shape index (κ1) is 23.8. The number of carbonyl (C=O) groups excluding carboxylic acids is 3. The second-order valence-electron chi connectivity index (χ2n) is 9.35. The van der Waals surface area contributed by atoms with Gasteiger partial charge in [0.1, 0.15) is 5.82 Å². The Balaban J connectivity index is 1.26. The van der Waals surface area contributed by atoms with Crippen molar-refractivity contribution in [2.75, 3.05) is 26.2 Å². The lowest BCUT2D eigenvalue weighted by atomic mass is 9.95. The summed E-state index contributed by atoms with van der Waals surface area (Å²) in [6.07, 6.45) is 1.57. The summed E-state index contributed by atoms with van der Waals surface area (Å²) in [6.45, 7) is 2.05. The number of rotatable bonds is 7. The van der Waals surface area contributed by atoms with E-state index in [0.29, 0.717) is 36.3 Å². The van der Waals surface area contributed by atoms with Gasteiger partial charge in [0.05, 0.1) is 17.7 Å². The molecule has 0 bridgehead atoms. The van der Waals surface area contributed by atoms with Crippen LogP contribution >= 0.6 is 0 Å². The molecule has 0 aliphatic carbocycles. The summed E-state index contributed by atoms with van der Waals surface area (Å²) in [5.41, 5.74) is 2.89. The highest BCUT2D eigenvalue weighted by Crippen LogP contribution is 2.36. The molecule has 2 amide bonds. The molecule has 3 aromatic rings. The van der Waals surface area contributed by atoms with Gasteiger partial charge in [-0.15, -0.1) is 0 Å². The van der Waals surface area contributed by atoms with Gasteiger partial charge >= 0.3 is 0 Å². The monoisotopic (exact) mass is 482 g/mol. The minimum absolute atomic E-state index is 0.0393. The number of piperidine rings is 1. The molecule has 5 nitrogen and oxygen atoms in total. The zero-order valence-electron chi connectivity index (χ0n) is 19.9. The lowest BCUT2D eigenvalue weighted by molar-refractivity contribution is -0.137. The highest BCUT2D eigenvalue weighted by molar-refractivity contribution is 6.49. The molecule has 6 heteroatoms. The van der Waals surface area contributed by atoms with Crippen molar-refractivity contribution in [2.24, 2.45) is 5.92 Å². The number of ketones is 1. The Labute approximate surface area is 209 Å². The standard InChI is InChI=1S/C30H27FN2O3/c31-25-13-11-22(12-14-25)26(34)20-32-17-15-21(16-18-32)19-33-29(35)27(23-7-3-1-4-8-23)28(30(33)36)24-9-5-2-6-10-24/h1-14,21H,15-20H2. The number of amides is 2. The van der Waals surface area contributed by atoms with Gasteiger partial charge in [-0.3, -0.25) is 24.2 Å². The molecule has 3 aromatic carbocycles. The Morgan fingerprint density at radius 1 is 0.750 bits per heavy atom. The maximum absolute atomic E-state index is 13.5. The molecule has 2 heterocycles. The maximum Gasteiger partial charge on any atom is 0.262 e. The van der Waals surface area contributed by atoms with Gasteiger partial charge in [0, 0.05) is 12.1 Å². The Morgan fingerprint density at radius 2 is 1.25 bits per heavy atom. The van der Waals surface area contributed by atoms with Crippen molar-refractivity contribution in [3.63, 3.8) is 0 Å². The van der Waals surface area contributed by atoms with Crippen LogP contribution in [0.5, 0.6) is 0 Å². The molecule has 0 atom stereocenters. The highest BCUT2D eigenvalue weighted by Gasteiger charge is 2.40. The van der Waals surface area contributed by atoms with Crippen molar-refractivity contribution < 1.29 is 18.8 Å². The third kappa shape index (κ3) is 4.90. The van der Waals surface area contributed by atoms with Gasteiger partial charge in [0.15, 0.2) is 5.78 Å². The van der Waals surface area contributed by atoms with E-state index in [1.165, 1.54) is 29.2 Å². The molecule has 0 unspecified atom stereocenters. The number of hydrogen-bond donors (Lipinski definition) is 0. The molecule has 0 N–H and O–H groups in total. The lowest BCUT2D eigenvalue weighted by Gasteiger charge is -2.33. The van der Waals surface area contributed by atoms with Gasteiger partial charge in [-0.05, 0) is 67.2 Å². The van der Waals surface area contributed by atoms with Crippen molar-refractivity contribution in [1.82, 2.24) is 9.80 Å². The predicted molar refractivity (Wildman–Crippen MR) is 136 cm³/mol. The molecule has 0 saturated carbocycles. The number of hydrogen-bond acceptors (Lipinski definition) is 4. The van der Waals surface area contributed by atoms with Crippen molar-refractivity contribution >= 4 is 28.7 Å². The summed E-state index contributed by atoms with van der Waals surface area (Å²) in [4.78, 5) is 43.1. The van der Waals surface area contributed by atoms with Crippen LogP contribution in [-0.4, -0.2) is 53.6 Å².